The monoisotopic (exact) mass is 463 g/mol. The fourth-order valence-corrected chi connectivity index (χ4v) is 4.00. The molecule has 0 radical (unpaired) electrons. The molecule has 1 saturated heterocycles. The number of imide groups is 2. The summed E-state index contributed by atoms with van der Waals surface area (Å²) in [6.07, 6.45) is 1.51. The van der Waals surface area contributed by atoms with Gasteiger partial charge in [0.1, 0.15) is 11.3 Å². The SMILES string of the molecule is CCOc1ccccc1N1C(=O)NC(=O)/C(=C/c2cc(C)n(-c3ccc(Cl)cc3)c2C)C1=O. The number of aromatic nitrogens is 1. The molecule has 1 N–H and O–H groups in total. The van der Waals surface area contributed by atoms with Crippen LogP contribution in [0.5, 0.6) is 5.75 Å². The second-order valence-corrected chi connectivity index (χ2v) is 7.93. The van der Waals surface area contributed by atoms with Gasteiger partial charge in [0.15, 0.2) is 0 Å². The second kappa shape index (κ2) is 8.96. The van der Waals surface area contributed by atoms with Crippen LogP contribution in [-0.4, -0.2) is 29.0 Å². The number of nitrogens with one attached hydrogen (secondary N) is 1. The third-order valence-electron chi connectivity index (χ3n) is 5.36. The van der Waals surface area contributed by atoms with Gasteiger partial charge < -0.3 is 9.30 Å². The first-order chi connectivity index (χ1) is 15.8. The van der Waals surface area contributed by atoms with Crippen molar-refractivity contribution in [1.29, 1.82) is 0 Å². The van der Waals surface area contributed by atoms with Gasteiger partial charge in [-0.05, 0) is 74.9 Å². The van der Waals surface area contributed by atoms with Gasteiger partial charge in [-0.2, -0.15) is 0 Å². The highest BCUT2D eigenvalue weighted by Gasteiger charge is 2.38. The van der Waals surface area contributed by atoms with Crippen LogP contribution >= 0.6 is 11.6 Å². The molecule has 4 amide bonds. The van der Waals surface area contributed by atoms with Crippen LogP contribution in [-0.2, 0) is 9.59 Å². The summed E-state index contributed by atoms with van der Waals surface area (Å²) in [5.41, 5.74) is 3.47. The molecule has 1 aliphatic rings. The number of nitrogens with zero attached hydrogens (tertiary/aromatic N) is 2. The molecule has 3 aromatic rings. The minimum atomic E-state index is -0.819. The van der Waals surface area contributed by atoms with E-state index in [1.807, 2.05) is 36.6 Å². The van der Waals surface area contributed by atoms with E-state index in [-0.39, 0.29) is 11.3 Å². The molecule has 2 heterocycles. The first-order valence-electron chi connectivity index (χ1n) is 10.4. The highest BCUT2D eigenvalue weighted by molar-refractivity contribution is 6.39. The van der Waals surface area contributed by atoms with Gasteiger partial charge in [0.25, 0.3) is 11.8 Å². The van der Waals surface area contributed by atoms with Crippen LogP contribution in [0.25, 0.3) is 11.8 Å². The summed E-state index contributed by atoms with van der Waals surface area (Å²) >= 11 is 6.01. The maximum absolute atomic E-state index is 13.3. The minimum Gasteiger partial charge on any atom is -0.492 e. The molecule has 1 fully saturated rings. The number of carbonyl (C=O) groups excluding carboxylic acids is 3. The predicted molar refractivity (Wildman–Crippen MR) is 127 cm³/mol. The zero-order chi connectivity index (χ0) is 23.7. The maximum Gasteiger partial charge on any atom is 0.336 e. The Kier molecular flexibility index (Phi) is 6.07. The number of rotatable bonds is 5. The number of amides is 4. The lowest BCUT2D eigenvalue weighted by atomic mass is 10.1. The van der Waals surface area contributed by atoms with Crippen LogP contribution < -0.4 is 15.0 Å². The van der Waals surface area contributed by atoms with Crippen molar-refractivity contribution in [1.82, 2.24) is 9.88 Å². The molecule has 0 unspecified atom stereocenters. The van der Waals surface area contributed by atoms with Gasteiger partial charge in [-0.15, -0.1) is 0 Å². The lowest BCUT2D eigenvalue weighted by Gasteiger charge is -2.27. The number of urea groups is 1. The van der Waals surface area contributed by atoms with E-state index < -0.39 is 17.8 Å². The number of aryl methyl sites for hydroxylation is 1. The highest BCUT2D eigenvalue weighted by Crippen LogP contribution is 2.32. The average Bonchev–Trinajstić information content (AvgIpc) is 3.06. The molecule has 0 atom stereocenters. The Morgan fingerprint density at radius 2 is 1.73 bits per heavy atom. The maximum atomic E-state index is 13.3. The molecule has 0 bridgehead atoms. The van der Waals surface area contributed by atoms with Crippen LogP contribution in [0, 0.1) is 13.8 Å². The minimum absolute atomic E-state index is 0.141. The Hall–Kier alpha value is -3.84. The number of carbonyl (C=O) groups is 3. The molecule has 0 spiro atoms. The highest BCUT2D eigenvalue weighted by atomic mass is 35.5. The Morgan fingerprint density at radius 3 is 2.42 bits per heavy atom. The van der Waals surface area contributed by atoms with E-state index in [4.69, 9.17) is 16.3 Å². The quantitative estimate of drug-likeness (QED) is 0.435. The number of anilines is 1. The predicted octanol–water partition coefficient (Wildman–Crippen LogP) is 4.81. The molecule has 4 rings (SSSR count). The van der Waals surface area contributed by atoms with Crippen LogP contribution in [0.4, 0.5) is 10.5 Å². The number of ether oxygens (including phenoxy) is 1. The zero-order valence-electron chi connectivity index (χ0n) is 18.4. The number of hydrogen-bond acceptors (Lipinski definition) is 4. The van der Waals surface area contributed by atoms with E-state index in [1.54, 1.807) is 43.3 Å². The Morgan fingerprint density at radius 1 is 1.03 bits per heavy atom. The Bertz CT molecular complexity index is 1290. The zero-order valence-corrected chi connectivity index (χ0v) is 19.1. The van der Waals surface area contributed by atoms with E-state index in [2.05, 4.69) is 5.32 Å². The first kappa shape index (κ1) is 22.4. The number of para-hydroxylation sites is 2. The molecule has 1 aromatic heterocycles. The molecular formula is C25H22ClN3O4. The average molecular weight is 464 g/mol. The van der Waals surface area contributed by atoms with Crippen LogP contribution in [0.15, 0.2) is 60.2 Å². The summed E-state index contributed by atoms with van der Waals surface area (Å²) in [5, 5.41) is 2.89. The largest absolute Gasteiger partial charge is 0.492 e. The Balaban J connectivity index is 1.76. The van der Waals surface area contributed by atoms with Crippen molar-refractivity contribution < 1.29 is 19.1 Å². The smallest absolute Gasteiger partial charge is 0.336 e. The van der Waals surface area contributed by atoms with Crippen molar-refractivity contribution in [3.05, 3.63) is 82.1 Å². The van der Waals surface area contributed by atoms with Crippen molar-refractivity contribution in [2.45, 2.75) is 20.8 Å². The van der Waals surface area contributed by atoms with Crippen molar-refractivity contribution in [2.24, 2.45) is 0 Å². The molecule has 1 aliphatic heterocycles. The van der Waals surface area contributed by atoms with E-state index in [1.165, 1.54) is 6.08 Å². The van der Waals surface area contributed by atoms with Gasteiger partial charge >= 0.3 is 6.03 Å². The number of halogens is 1. The van der Waals surface area contributed by atoms with Crippen LogP contribution in [0.3, 0.4) is 0 Å². The summed E-state index contributed by atoms with van der Waals surface area (Å²) in [6, 6.07) is 15.1. The molecule has 168 valence electrons. The Labute approximate surface area is 196 Å². The van der Waals surface area contributed by atoms with E-state index in [0.717, 1.165) is 22.0 Å². The van der Waals surface area contributed by atoms with Gasteiger partial charge in [0.05, 0.1) is 12.3 Å². The van der Waals surface area contributed by atoms with Crippen molar-refractivity contribution in [3.8, 4) is 11.4 Å². The molecule has 0 saturated carbocycles. The molecular weight excluding hydrogens is 442 g/mol. The van der Waals surface area contributed by atoms with Gasteiger partial charge in [0.2, 0.25) is 0 Å². The molecule has 0 aliphatic carbocycles. The van der Waals surface area contributed by atoms with Crippen molar-refractivity contribution in [3.63, 3.8) is 0 Å². The fourth-order valence-electron chi connectivity index (χ4n) is 3.87. The summed E-state index contributed by atoms with van der Waals surface area (Å²) < 4.78 is 7.57. The summed E-state index contributed by atoms with van der Waals surface area (Å²) in [7, 11) is 0. The standard InChI is InChI=1S/C25H22ClN3O4/c1-4-33-22-8-6-5-7-21(22)29-24(31)20(23(30)27-25(29)32)14-17-13-15(2)28(16(17)3)19-11-9-18(26)10-12-19/h5-14H,4H2,1-3H3,(H,27,30,32)/b20-14-. The lowest BCUT2D eigenvalue weighted by molar-refractivity contribution is -0.122. The number of benzene rings is 2. The second-order valence-electron chi connectivity index (χ2n) is 7.50. The summed E-state index contributed by atoms with van der Waals surface area (Å²) in [5.74, 6) is -1.09. The summed E-state index contributed by atoms with van der Waals surface area (Å²) in [6.45, 7) is 5.99. The van der Waals surface area contributed by atoms with Gasteiger partial charge in [-0.3, -0.25) is 14.9 Å². The van der Waals surface area contributed by atoms with Crippen LogP contribution in [0.1, 0.15) is 23.9 Å². The van der Waals surface area contributed by atoms with Gasteiger partial charge in [-0.1, -0.05) is 23.7 Å². The van der Waals surface area contributed by atoms with E-state index in [9.17, 15) is 14.4 Å². The topological polar surface area (TPSA) is 80.6 Å². The number of barbiturate groups is 1. The third kappa shape index (κ3) is 4.15. The normalized spacial score (nSPS) is 15.2. The van der Waals surface area contributed by atoms with Gasteiger partial charge in [-0.25, -0.2) is 9.69 Å². The fraction of sp³-hybridized carbons (Fsp3) is 0.160. The molecule has 8 heteroatoms. The molecule has 33 heavy (non-hydrogen) atoms. The van der Waals surface area contributed by atoms with Crippen LogP contribution in [0.2, 0.25) is 5.02 Å². The van der Waals surface area contributed by atoms with E-state index >= 15 is 0 Å². The summed E-state index contributed by atoms with van der Waals surface area (Å²) in [4.78, 5) is 39.4. The third-order valence-corrected chi connectivity index (χ3v) is 5.61. The lowest BCUT2D eigenvalue weighted by Crippen LogP contribution is -2.54. The molecule has 2 aromatic carbocycles. The molecule has 7 nitrogen and oxygen atoms in total. The van der Waals surface area contributed by atoms with Crippen molar-refractivity contribution in [2.75, 3.05) is 11.5 Å². The first-order valence-corrected chi connectivity index (χ1v) is 10.8. The van der Waals surface area contributed by atoms with Gasteiger partial charge in [0, 0.05) is 22.1 Å². The van der Waals surface area contributed by atoms with Crippen molar-refractivity contribution >= 4 is 41.2 Å². The number of hydrogen-bond donors (Lipinski definition) is 1. The van der Waals surface area contributed by atoms with E-state index in [0.29, 0.717) is 22.9 Å².